The van der Waals surface area contributed by atoms with Gasteiger partial charge in [0.15, 0.2) is 6.61 Å². The van der Waals surface area contributed by atoms with Crippen molar-refractivity contribution in [2.75, 3.05) is 31.7 Å². The molecule has 0 saturated heterocycles. The van der Waals surface area contributed by atoms with Crippen LogP contribution in [0.1, 0.15) is 5.56 Å². The lowest BCUT2D eigenvalue weighted by Gasteiger charge is -2.18. The van der Waals surface area contributed by atoms with Crippen LogP contribution >= 0.6 is 0 Å². The zero-order chi connectivity index (χ0) is 15.3. The van der Waals surface area contributed by atoms with Gasteiger partial charge in [0.25, 0.3) is 5.91 Å². The first kappa shape index (κ1) is 15.6. The van der Waals surface area contributed by atoms with Gasteiger partial charge >= 0.3 is 6.18 Å². The largest absolute Gasteiger partial charge is 0.482 e. The number of rotatable bonds is 6. The quantitative estimate of drug-likeness (QED) is 0.785. The van der Waals surface area contributed by atoms with Gasteiger partial charge in [-0.1, -0.05) is 6.07 Å². The molecule has 5 nitrogen and oxygen atoms in total. The molecular formula is C13H15F3N2O3. The molecule has 0 atom stereocenters. The molecular weight excluding hydrogens is 289 g/mol. The van der Waals surface area contributed by atoms with E-state index in [0.717, 1.165) is 5.56 Å². The second-order valence-corrected chi connectivity index (χ2v) is 4.51. The number of hydrogen-bond donors (Lipinski definition) is 2. The van der Waals surface area contributed by atoms with Gasteiger partial charge < -0.3 is 20.1 Å². The fourth-order valence-electron chi connectivity index (χ4n) is 1.81. The molecule has 1 heterocycles. The van der Waals surface area contributed by atoms with Crippen LogP contribution in [0.25, 0.3) is 0 Å². The average molecular weight is 304 g/mol. The summed E-state index contributed by atoms with van der Waals surface area (Å²) in [6.07, 6.45) is -4.29. The highest BCUT2D eigenvalue weighted by atomic mass is 19.4. The van der Waals surface area contributed by atoms with E-state index in [4.69, 9.17) is 4.74 Å². The summed E-state index contributed by atoms with van der Waals surface area (Å²) in [5.41, 5.74) is 1.48. The van der Waals surface area contributed by atoms with Crippen molar-refractivity contribution in [2.45, 2.75) is 12.7 Å². The molecule has 0 bridgehead atoms. The van der Waals surface area contributed by atoms with E-state index in [-0.39, 0.29) is 19.1 Å². The van der Waals surface area contributed by atoms with Crippen LogP contribution < -0.4 is 15.4 Å². The summed E-state index contributed by atoms with van der Waals surface area (Å²) in [5, 5.41) is 5.65. The summed E-state index contributed by atoms with van der Waals surface area (Å²) in [5.74, 6) is 0.389. The van der Waals surface area contributed by atoms with Gasteiger partial charge in [0.1, 0.15) is 12.4 Å². The fourth-order valence-corrected chi connectivity index (χ4v) is 1.81. The minimum absolute atomic E-state index is 0.00113. The van der Waals surface area contributed by atoms with Crippen LogP contribution in [0.2, 0.25) is 0 Å². The molecule has 1 aliphatic rings. The molecule has 0 fully saturated rings. The van der Waals surface area contributed by atoms with E-state index in [9.17, 15) is 18.0 Å². The van der Waals surface area contributed by atoms with Crippen molar-refractivity contribution < 1.29 is 27.4 Å². The number of anilines is 1. The van der Waals surface area contributed by atoms with E-state index < -0.39 is 12.8 Å². The molecule has 1 aromatic carbocycles. The molecule has 8 heteroatoms. The Kier molecular flexibility index (Phi) is 5.03. The van der Waals surface area contributed by atoms with Crippen LogP contribution in [0, 0.1) is 0 Å². The number of ether oxygens (including phenoxy) is 2. The predicted molar refractivity (Wildman–Crippen MR) is 69.1 cm³/mol. The third-order valence-corrected chi connectivity index (χ3v) is 2.69. The minimum Gasteiger partial charge on any atom is -0.482 e. The van der Waals surface area contributed by atoms with Crippen LogP contribution in [-0.4, -0.2) is 38.4 Å². The maximum atomic E-state index is 11.8. The highest BCUT2D eigenvalue weighted by Gasteiger charge is 2.27. The number of alkyl halides is 3. The normalized spacial score (nSPS) is 14.3. The number of hydrogen-bond acceptors (Lipinski definition) is 4. The van der Waals surface area contributed by atoms with Crippen LogP contribution in [0.15, 0.2) is 18.2 Å². The van der Waals surface area contributed by atoms with Crippen molar-refractivity contribution >= 4 is 11.6 Å². The van der Waals surface area contributed by atoms with E-state index in [1.54, 1.807) is 12.1 Å². The molecule has 116 valence electrons. The number of halogens is 3. The Balaban J connectivity index is 1.72. The van der Waals surface area contributed by atoms with Gasteiger partial charge in [-0.25, -0.2) is 0 Å². The highest BCUT2D eigenvalue weighted by molar-refractivity contribution is 5.95. The Morgan fingerprint density at radius 1 is 1.38 bits per heavy atom. The van der Waals surface area contributed by atoms with Crippen molar-refractivity contribution in [3.63, 3.8) is 0 Å². The van der Waals surface area contributed by atoms with E-state index in [1.807, 2.05) is 6.07 Å². The molecule has 21 heavy (non-hydrogen) atoms. The SMILES string of the molecule is O=C1COc2ccc(CNCCOCC(F)(F)F)cc2N1. The Morgan fingerprint density at radius 3 is 2.95 bits per heavy atom. The van der Waals surface area contributed by atoms with E-state index in [2.05, 4.69) is 15.4 Å². The first-order valence-corrected chi connectivity index (χ1v) is 6.35. The molecule has 1 amide bonds. The van der Waals surface area contributed by atoms with Gasteiger partial charge in [0.2, 0.25) is 0 Å². The van der Waals surface area contributed by atoms with Crippen molar-refractivity contribution in [3.05, 3.63) is 23.8 Å². The van der Waals surface area contributed by atoms with Crippen molar-refractivity contribution in [2.24, 2.45) is 0 Å². The number of nitrogens with one attached hydrogen (secondary N) is 2. The summed E-state index contributed by atoms with van der Waals surface area (Å²) in [7, 11) is 0. The lowest BCUT2D eigenvalue weighted by molar-refractivity contribution is -0.173. The van der Waals surface area contributed by atoms with E-state index in [1.165, 1.54) is 0 Å². The smallest absolute Gasteiger partial charge is 0.411 e. The molecule has 0 radical (unpaired) electrons. The number of amides is 1. The maximum absolute atomic E-state index is 11.8. The highest BCUT2D eigenvalue weighted by Crippen LogP contribution is 2.28. The maximum Gasteiger partial charge on any atom is 0.411 e. The van der Waals surface area contributed by atoms with Crippen molar-refractivity contribution in [1.29, 1.82) is 0 Å². The van der Waals surface area contributed by atoms with Crippen LogP contribution in [0.3, 0.4) is 0 Å². The lowest BCUT2D eigenvalue weighted by atomic mass is 10.1. The fraction of sp³-hybridized carbons (Fsp3) is 0.462. The number of benzene rings is 1. The Bertz CT molecular complexity index is 506. The molecule has 0 spiro atoms. The van der Waals surface area contributed by atoms with Gasteiger partial charge in [0.05, 0.1) is 12.3 Å². The molecule has 0 saturated carbocycles. The lowest BCUT2D eigenvalue weighted by Crippen LogP contribution is -2.26. The molecule has 0 aromatic heterocycles. The summed E-state index contributed by atoms with van der Waals surface area (Å²) in [6, 6.07) is 5.32. The van der Waals surface area contributed by atoms with Crippen LogP contribution in [0.4, 0.5) is 18.9 Å². The third-order valence-electron chi connectivity index (χ3n) is 2.69. The summed E-state index contributed by atoms with van der Waals surface area (Å²) in [4.78, 5) is 11.2. The van der Waals surface area contributed by atoms with E-state index >= 15 is 0 Å². The molecule has 2 rings (SSSR count). The number of carbonyl (C=O) groups is 1. The first-order chi connectivity index (χ1) is 9.94. The summed E-state index contributed by atoms with van der Waals surface area (Å²) >= 11 is 0. The van der Waals surface area contributed by atoms with Crippen molar-refractivity contribution in [1.82, 2.24) is 5.32 Å². The Labute approximate surface area is 119 Å². The topological polar surface area (TPSA) is 59.6 Å². The third kappa shape index (κ3) is 5.24. The zero-order valence-electron chi connectivity index (χ0n) is 11.1. The molecule has 0 aliphatic carbocycles. The summed E-state index contributed by atoms with van der Waals surface area (Å²) in [6.45, 7) is -0.503. The number of fused-ring (bicyclic) bond motifs is 1. The van der Waals surface area contributed by atoms with Gasteiger partial charge in [-0.3, -0.25) is 4.79 Å². The Hall–Kier alpha value is -1.80. The average Bonchev–Trinajstić information content (AvgIpc) is 2.41. The monoisotopic (exact) mass is 304 g/mol. The second-order valence-electron chi connectivity index (χ2n) is 4.51. The predicted octanol–water partition coefficient (Wildman–Crippen LogP) is 1.69. The van der Waals surface area contributed by atoms with Gasteiger partial charge in [-0.2, -0.15) is 13.2 Å². The number of carbonyl (C=O) groups excluding carboxylic acids is 1. The van der Waals surface area contributed by atoms with Crippen LogP contribution in [-0.2, 0) is 16.1 Å². The van der Waals surface area contributed by atoms with Gasteiger partial charge in [0, 0.05) is 13.1 Å². The Morgan fingerprint density at radius 2 is 2.19 bits per heavy atom. The summed E-state index contributed by atoms with van der Waals surface area (Å²) < 4.78 is 45.2. The molecule has 0 unspecified atom stereocenters. The first-order valence-electron chi connectivity index (χ1n) is 6.35. The molecule has 1 aliphatic heterocycles. The minimum atomic E-state index is -4.29. The zero-order valence-corrected chi connectivity index (χ0v) is 11.1. The van der Waals surface area contributed by atoms with Gasteiger partial charge in [-0.15, -0.1) is 0 Å². The molecule has 2 N–H and O–H groups in total. The second kappa shape index (κ2) is 6.77. The molecule has 1 aromatic rings. The van der Waals surface area contributed by atoms with E-state index in [0.29, 0.717) is 24.5 Å². The van der Waals surface area contributed by atoms with Crippen LogP contribution in [0.5, 0.6) is 5.75 Å². The standard InChI is InChI=1S/C13H15F3N2O3/c14-13(15,16)8-20-4-3-17-6-9-1-2-11-10(5-9)18-12(19)7-21-11/h1-2,5,17H,3-4,6-8H2,(H,18,19). The van der Waals surface area contributed by atoms with Gasteiger partial charge in [-0.05, 0) is 17.7 Å². The van der Waals surface area contributed by atoms with Crippen molar-refractivity contribution in [3.8, 4) is 5.75 Å².